The lowest BCUT2D eigenvalue weighted by molar-refractivity contribution is -0.119. The minimum Gasteiger partial charge on any atom is -0.393 e. The average molecular weight is 143 g/mol. The van der Waals surface area contributed by atoms with Gasteiger partial charge < -0.3 is 10.8 Å². The van der Waals surface area contributed by atoms with Gasteiger partial charge in [-0.15, -0.1) is 0 Å². The van der Waals surface area contributed by atoms with E-state index in [4.69, 9.17) is 5.73 Å². The maximum absolute atomic E-state index is 10.5. The minimum atomic E-state index is -0.322. The molecule has 10 heavy (non-hydrogen) atoms. The summed E-state index contributed by atoms with van der Waals surface area (Å²) in [7, 11) is 0. The lowest BCUT2D eigenvalue weighted by atomic mass is 10.1. The number of nitrogens with two attached hydrogens (primary N) is 1. The van der Waals surface area contributed by atoms with Gasteiger partial charge in [0.2, 0.25) is 5.91 Å². The number of amides is 1. The van der Waals surface area contributed by atoms with Gasteiger partial charge in [0.05, 0.1) is 6.10 Å². The van der Waals surface area contributed by atoms with E-state index in [9.17, 15) is 9.90 Å². The second-order valence-corrected chi connectivity index (χ2v) is 2.88. The summed E-state index contributed by atoms with van der Waals surface area (Å²) < 4.78 is 0. The van der Waals surface area contributed by atoms with E-state index < -0.39 is 0 Å². The topological polar surface area (TPSA) is 63.3 Å². The molecule has 1 amide bonds. The van der Waals surface area contributed by atoms with Crippen molar-refractivity contribution >= 4 is 5.91 Å². The molecule has 3 N–H and O–H groups in total. The van der Waals surface area contributed by atoms with Crippen LogP contribution in [0.3, 0.4) is 0 Å². The van der Waals surface area contributed by atoms with Crippen LogP contribution in [-0.4, -0.2) is 17.1 Å². The van der Waals surface area contributed by atoms with E-state index in [2.05, 4.69) is 0 Å². The Morgan fingerprint density at radius 2 is 2.50 bits per heavy atom. The number of carbonyl (C=O) groups is 1. The number of carbonyl (C=O) groups excluding carboxylic acids is 1. The van der Waals surface area contributed by atoms with Crippen LogP contribution < -0.4 is 5.73 Å². The van der Waals surface area contributed by atoms with Crippen LogP contribution in [0, 0.1) is 11.8 Å². The van der Waals surface area contributed by atoms with Gasteiger partial charge in [0.25, 0.3) is 0 Å². The van der Waals surface area contributed by atoms with Crippen molar-refractivity contribution < 1.29 is 9.90 Å². The zero-order valence-corrected chi connectivity index (χ0v) is 6.08. The van der Waals surface area contributed by atoms with Crippen molar-refractivity contribution in [3.05, 3.63) is 0 Å². The Morgan fingerprint density at radius 1 is 1.90 bits per heavy atom. The van der Waals surface area contributed by atoms with Crippen LogP contribution in [0.4, 0.5) is 0 Å². The van der Waals surface area contributed by atoms with Crippen LogP contribution >= 0.6 is 0 Å². The second-order valence-electron chi connectivity index (χ2n) is 2.88. The van der Waals surface area contributed by atoms with Crippen LogP contribution in [-0.2, 0) is 4.79 Å². The smallest absolute Gasteiger partial charge is 0.220 e. The van der Waals surface area contributed by atoms with E-state index in [1.807, 2.05) is 6.92 Å². The number of aliphatic hydroxyl groups excluding tert-OH is 1. The summed E-state index contributed by atoms with van der Waals surface area (Å²) in [5.41, 5.74) is 5.03. The molecule has 0 radical (unpaired) electrons. The van der Waals surface area contributed by atoms with Crippen molar-refractivity contribution in [3.63, 3.8) is 0 Å². The number of rotatable bonds is 3. The van der Waals surface area contributed by atoms with Crippen molar-refractivity contribution in [2.24, 2.45) is 17.6 Å². The van der Waals surface area contributed by atoms with Crippen LogP contribution in [0.25, 0.3) is 0 Å². The molecule has 0 aromatic carbocycles. The molecule has 0 aliphatic heterocycles. The lowest BCUT2D eigenvalue weighted by Gasteiger charge is -2.03. The molecule has 1 saturated carbocycles. The molecule has 0 aromatic rings. The first kappa shape index (κ1) is 7.54. The first-order valence-electron chi connectivity index (χ1n) is 3.64. The van der Waals surface area contributed by atoms with Crippen LogP contribution in [0.1, 0.15) is 19.8 Å². The Bertz CT molecular complexity index is 147. The molecule has 1 aliphatic rings. The van der Waals surface area contributed by atoms with E-state index in [0.29, 0.717) is 6.42 Å². The van der Waals surface area contributed by atoms with Crippen molar-refractivity contribution in [3.8, 4) is 0 Å². The molecule has 3 unspecified atom stereocenters. The SMILES string of the molecule is CCC(O)C1CC1C(N)=O. The summed E-state index contributed by atoms with van der Waals surface area (Å²) in [6.07, 6.45) is 1.18. The Balaban J connectivity index is 2.31. The van der Waals surface area contributed by atoms with Gasteiger partial charge in [-0.25, -0.2) is 0 Å². The summed E-state index contributed by atoms with van der Waals surface area (Å²) in [6, 6.07) is 0. The molecule has 0 aromatic heterocycles. The molecular formula is C7H13NO2. The first-order chi connectivity index (χ1) is 4.66. The number of hydrogen-bond donors (Lipinski definition) is 2. The predicted octanol–water partition coefficient (Wildman–Crippen LogP) is -0.121. The van der Waals surface area contributed by atoms with E-state index in [1.54, 1.807) is 0 Å². The van der Waals surface area contributed by atoms with E-state index in [-0.39, 0.29) is 23.8 Å². The fourth-order valence-corrected chi connectivity index (χ4v) is 1.27. The van der Waals surface area contributed by atoms with Gasteiger partial charge in [-0.05, 0) is 18.8 Å². The Hall–Kier alpha value is -0.570. The quantitative estimate of drug-likeness (QED) is 0.578. The maximum atomic E-state index is 10.5. The summed E-state index contributed by atoms with van der Waals surface area (Å²) in [5.74, 6) is -0.157. The lowest BCUT2D eigenvalue weighted by Crippen LogP contribution is -2.18. The highest BCUT2D eigenvalue weighted by atomic mass is 16.3. The Labute approximate surface area is 60.2 Å². The predicted molar refractivity (Wildman–Crippen MR) is 37.1 cm³/mol. The minimum absolute atomic E-state index is 0.0463. The van der Waals surface area contributed by atoms with Gasteiger partial charge in [0.15, 0.2) is 0 Å². The molecule has 1 fully saturated rings. The van der Waals surface area contributed by atoms with Crippen LogP contribution in [0.5, 0.6) is 0 Å². The maximum Gasteiger partial charge on any atom is 0.220 e. The molecule has 3 atom stereocenters. The van der Waals surface area contributed by atoms with Crippen molar-refractivity contribution in [1.82, 2.24) is 0 Å². The highest BCUT2D eigenvalue weighted by Crippen LogP contribution is 2.41. The largest absolute Gasteiger partial charge is 0.393 e. The summed E-state index contributed by atoms with van der Waals surface area (Å²) >= 11 is 0. The molecular weight excluding hydrogens is 130 g/mol. The van der Waals surface area contributed by atoms with E-state index in [1.165, 1.54) is 0 Å². The van der Waals surface area contributed by atoms with E-state index >= 15 is 0 Å². The van der Waals surface area contributed by atoms with Crippen LogP contribution in [0.15, 0.2) is 0 Å². The highest BCUT2D eigenvalue weighted by molar-refractivity contribution is 5.79. The molecule has 3 heteroatoms. The molecule has 1 rings (SSSR count). The molecule has 58 valence electrons. The van der Waals surface area contributed by atoms with Crippen LogP contribution in [0.2, 0.25) is 0 Å². The second kappa shape index (κ2) is 2.58. The summed E-state index contributed by atoms with van der Waals surface area (Å²) in [5, 5.41) is 9.21. The summed E-state index contributed by atoms with van der Waals surface area (Å²) in [6.45, 7) is 1.90. The molecule has 1 aliphatic carbocycles. The van der Waals surface area contributed by atoms with Gasteiger partial charge in [0, 0.05) is 5.92 Å². The number of primary amides is 1. The number of aliphatic hydroxyl groups is 1. The van der Waals surface area contributed by atoms with Gasteiger partial charge >= 0.3 is 0 Å². The monoisotopic (exact) mass is 143 g/mol. The standard InChI is InChI=1S/C7H13NO2/c1-2-6(9)4-3-5(4)7(8)10/h4-6,9H,2-3H2,1H3,(H2,8,10). The third-order valence-corrected chi connectivity index (χ3v) is 2.12. The van der Waals surface area contributed by atoms with Crippen molar-refractivity contribution in [1.29, 1.82) is 0 Å². The first-order valence-corrected chi connectivity index (χ1v) is 3.64. The zero-order chi connectivity index (χ0) is 7.72. The normalized spacial score (nSPS) is 33.4. The van der Waals surface area contributed by atoms with E-state index in [0.717, 1.165) is 6.42 Å². The molecule has 0 bridgehead atoms. The third-order valence-electron chi connectivity index (χ3n) is 2.12. The Morgan fingerprint density at radius 3 is 2.80 bits per heavy atom. The average Bonchev–Trinajstić information content (AvgIpc) is 2.64. The fraction of sp³-hybridized carbons (Fsp3) is 0.857. The molecule has 0 heterocycles. The summed E-state index contributed by atoms with van der Waals surface area (Å²) in [4.78, 5) is 10.5. The third kappa shape index (κ3) is 1.29. The highest BCUT2D eigenvalue weighted by Gasteiger charge is 2.45. The number of hydrogen-bond acceptors (Lipinski definition) is 2. The Kier molecular flexibility index (Phi) is 1.94. The van der Waals surface area contributed by atoms with Gasteiger partial charge in [0.1, 0.15) is 0 Å². The zero-order valence-electron chi connectivity index (χ0n) is 6.08. The van der Waals surface area contributed by atoms with Crippen molar-refractivity contribution in [2.75, 3.05) is 0 Å². The van der Waals surface area contributed by atoms with Gasteiger partial charge in [-0.3, -0.25) is 4.79 Å². The molecule has 0 saturated heterocycles. The molecule has 0 spiro atoms. The van der Waals surface area contributed by atoms with Gasteiger partial charge in [-0.1, -0.05) is 6.92 Å². The fourth-order valence-electron chi connectivity index (χ4n) is 1.27. The van der Waals surface area contributed by atoms with Gasteiger partial charge in [-0.2, -0.15) is 0 Å². The molecule has 3 nitrogen and oxygen atoms in total. The van der Waals surface area contributed by atoms with Crippen molar-refractivity contribution in [2.45, 2.75) is 25.9 Å².